The zero-order valence-corrected chi connectivity index (χ0v) is 13.2. The van der Waals surface area contributed by atoms with E-state index in [0.717, 1.165) is 40.5 Å². The Balaban J connectivity index is 1.68. The van der Waals surface area contributed by atoms with E-state index in [2.05, 4.69) is 22.3 Å². The molecule has 0 saturated heterocycles. The van der Waals surface area contributed by atoms with E-state index >= 15 is 0 Å². The SMILES string of the molecule is COc1cccc(C2=NN=C(c3cccc(OC)c3)[C@@H]3C[C@H]23)c1. The minimum absolute atomic E-state index is 0.459. The smallest absolute Gasteiger partial charge is 0.119 e. The van der Waals surface area contributed by atoms with Crippen molar-refractivity contribution in [3.05, 3.63) is 59.7 Å². The summed E-state index contributed by atoms with van der Waals surface area (Å²) in [4.78, 5) is 0. The van der Waals surface area contributed by atoms with Crippen LogP contribution in [0.4, 0.5) is 0 Å². The number of ether oxygens (including phenoxy) is 2. The third kappa shape index (κ3) is 2.50. The number of hydrogen-bond donors (Lipinski definition) is 0. The zero-order chi connectivity index (χ0) is 15.8. The quantitative estimate of drug-likeness (QED) is 0.867. The Morgan fingerprint density at radius 3 is 1.70 bits per heavy atom. The van der Waals surface area contributed by atoms with Crippen molar-refractivity contribution in [3.8, 4) is 11.5 Å². The van der Waals surface area contributed by atoms with Crippen molar-refractivity contribution >= 4 is 11.4 Å². The van der Waals surface area contributed by atoms with Crippen LogP contribution in [0.5, 0.6) is 11.5 Å². The van der Waals surface area contributed by atoms with Gasteiger partial charge in [0.1, 0.15) is 11.5 Å². The fourth-order valence-corrected chi connectivity index (χ4v) is 3.16. The average Bonchev–Trinajstić information content (AvgIpc) is 3.41. The monoisotopic (exact) mass is 306 g/mol. The minimum atomic E-state index is 0.459. The van der Waals surface area contributed by atoms with Crippen LogP contribution in [-0.2, 0) is 0 Å². The second-order valence-corrected chi connectivity index (χ2v) is 5.88. The molecule has 4 rings (SSSR count). The van der Waals surface area contributed by atoms with Crippen LogP contribution < -0.4 is 9.47 Å². The molecular weight excluding hydrogens is 288 g/mol. The van der Waals surface area contributed by atoms with E-state index in [1.807, 2.05) is 36.4 Å². The highest BCUT2D eigenvalue weighted by Gasteiger charge is 2.47. The van der Waals surface area contributed by atoms with Crippen molar-refractivity contribution in [2.75, 3.05) is 14.2 Å². The number of hydrogen-bond acceptors (Lipinski definition) is 4. The van der Waals surface area contributed by atoms with Crippen LogP contribution in [-0.4, -0.2) is 25.6 Å². The lowest BCUT2D eigenvalue weighted by Gasteiger charge is -2.13. The molecule has 2 atom stereocenters. The molecule has 23 heavy (non-hydrogen) atoms. The van der Waals surface area contributed by atoms with E-state index in [0.29, 0.717) is 11.8 Å². The molecule has 1 aliphatic carbocycles. The van der Waals surface area contributed by atoms with Crippen LogP contribution in [0.2, 0.25) is 0 Å². The predicted octanol–water partition coefficient (Wildman–Crippen LogP) is 3.55. The molecule has 1 aliphatic heterocycles. The Labute approximate surface area is 135 Å². The van der Waals surface area contributed by atoms with Gasteiger partial charge in [-0.2, -0.15) is 10.2 Å². The minimum Gasteiger partial charge on any atom is -0.497 e. The molecule has 0 aromatic heterocycles. The van der Waals surface area contributed by atoms with Crippen LogP contribution in [0.25, 0.3) is 0 Å². The van der Waals surface area contributed by atoms with Gasteiger partial charge in [0.15, 0.2) is 0 Å². The summed E-state index contributed by atoms with van der Waals surface area (Å²) in [6.45, 7) is 0. The van der Waals surface area contributed by atoms with Gasteiger partial charge in [0.2, 0.25) is 0 Å². The molecule has 0 bridgehead atoms. The summed E-state index contributed by atoms with van der Waals surface area (Å²) in [7, 11) is 3.36. The topological polar surface area (TPSA) is 43.2 Å². The van der Waals surface area contributed by atoms with E-state index < -0.39 is 0 Å². The van der Waals surface area contributed by atoms with Gasteiger partial charge >= 0.3 is 0 Å². The second kappa shape index (κ2) is 5.54. The van der Waals surface area contributed by atoms with Crippen molar-refractivity contribution in [1.29, 1.82) is 0 Å². The van der Waals surface area contributed by atoms with Gasteiger partial charge in [0, 0.05) is 23.0 Å². The van der Waals surface area contributed by atoms with E-state index in [1.54, 1.807) is 14.2 Å². The number of rotatable bonds is 4. The highest BCUT2D eigenvalue weighted by Crippen LogP contribution is 2.46. The molecule has 2 aromatic carbocycles. The maximum atomic E-state index is 5.31. The summed E-state index contributed by atoms with van der Waals surface area (Å²) in [5.41, 5.74) is 4.34. The first-order chi connectivity index (χ1) is 11.3. The first-order valence-electron chi connectivity index (χ1n) is 7.74. The summed E-state index contributed by atoms with van der Waals surface area (Å²) >= 11 is 0. The molecule has 0 N–H and O–H groups in total. The lowest BCUT2D eigenvalue weighted by molar-refractivity contribution is 0.414. The molecule has 0 unspecified atom stereocenters. The van der Waals surface area contributed by atoms with Gasteiger partial charge in [-0.05, 0) is 30.7 Å². The fraction of sp³-hybridized carbons (Fsp3) is 0.263. The fourth-order valence-electron chi connectivity index (χ4n) is 3.16. The molecule has 0 spiro atoms. The maximum absolute atomic E-state index is 5.31. The number of benzene rings is 2. The maximum Gasteiger partial charge on any atom is 0.119 e. The van der Waals surface area contributed by atoms with Crippen molar-refractivity contribution in [2.24, 2.45) is 22.0 Å². The van der Waals surface area contributed by atoms with Crippen LogP contribution >= 0.6 is 0 Å². The molecule has 1 heterocycles. The molecule has 2 aliphatic rings. The molecule has 0 radical (unpaired) electrons. The Hall–Kier alpha value is -2.62. The third-order valence-corrected chi connectivity index (χ3v) is 4.49. The molecular formula is C19H18N2O2. The van der Waals surface area contributed by atoms with E-state index in [4.69, 9.17) is 9.47 Å². The van der Waals surface area contributed by atoms with Crippen LogP contribution in [0, 0.1) is 11.8 Å². The van der Waals surface area contributed by atoms with Crippen molar-refractivity contribution < 1.29 is 9.47 Å². The Bertz CT molecular complexity index is 743. The van der Waals surface area contributed by atoms with Gasteiger partial charge in [0.05, 0.1) is 25.6 Å². The molecule has 2 aromatic rings. The number of methoxy groups -OCH3 is 2. The van der Waals surface area contributed by atoms with Gasteiger partial charge < -0.3 is 9.47 Å². The van der Waals surface area contributed by atoms with Gasteiger partial charge in [0.25, 0.3) is 0 Å². The van der Waals surface area contributed by atoms with Gasteiger partial charge in [-0.25, -0.2) is 0 Å². The van der Waals surface area contributed by atoms with Crippen molar-refractivity contribution in [3.63, 3.8) is 0 Å². The van der Waals surface area contributed by atoms with Crippen molar-refractivity contribution in [2.45, 2.75) is 6.42 Å². The predicted molar refractivity (Wildman–Crippen MR) is 90.7 cm³/mol. The summed E-state index contributed by atoms with van der Waals surface area (Å²) in [5, 5.41) is 9.04. The Morgan fingerprint density at radius 1 is 0.783 bits per heavy atom. The molecule has 116 valence electrons. The van der Waals surface area contributed by atoms with Gasteiger partial charge in [-0.15, -0.1) is 0 Å². The van der Waals surface area contributed by atoms with Crippen LogP contribution in [0.1, 0.15) is 17.5 Å². The third-order valence-electron chi connectivity index (χ3n) is 4.49. The molecule has 0 amide bonds. The van der Waals surface area contributed by atoms with E-state index in [-0.39, 0.29) is 0 Å². The summed E-state index contributed by atoms with van der Waals surface area (Å²) in [6.07, 6.45) is 1.10. The van der Waals surface area contributed by atoms with E-state index in [9.17, 15) is 0 Å². The van der Waals surface area contributed by atoms with Gasteiger partial charge in [-0.3, -0.25) is 0 Å². The van der Waals surface area contributed by atoms with E-state index in [1.165, 1.54) is 0 Å². The van der Waals surface area contributed by atoms with Crippen LogP contribution in [0.15, 0.2) is 58.7 Å². The number of nitrogens with zero attached hydrogens (tertiary/aromatic N) is 2. The molecule has 4 nitrogen and oxygen atoms in total. The summed E-state index contributed by atoms with van der Waals surface area (Å²) in [5.74, 6) is 2.62. The lowest BCUT2D eigenvalue weighted by atomic mass is 9.99. The summed E-state index contributed by atoms with van der Waals surface area (Å²) in [6, 6.07) is 16.1. The van der Waals surface area contributed by atoms with Gasteiger partial charge in [-0.1, -0.05) is 24.3 Å². The summed E-state index contributed by atoms with van der Waals surface area (Å²) < 4.78 is 10.6. The number of fused-ring (bicyclic) bond motifs is 1. The standard InChI is InChI=1S/C19H18N2O2/c1-22-14-7-3-5-12(9-14)18-16-11-17(16)19(21-20-18)13-6-4-8-15(10-13)23-2/h3-10,16-17H,11H2,1-2H3/t16-,17+. The first-order valence-corrected chi connectivity index (χ1v) is 7.74. The second-order valence-electron chi connectivity index (χ2n) is 5.88. The molecule has 4 heteroatoms. The zero-order valence-electron chi connectivity index (χ0n) is 13.2. The molecule has 1 fully saturated rings. The van der Waals surface area contributed by atoms with Crippen molar-refractivity contribution in [1.82, 2.24) is 0 Å². The molecule has 1 saturated carbocycles. The Kier molecular flexibility index (Phi) is 3.37. The highest BCUT2D eigenvalue weighted by atomic mass is 16.5. The average molecular weight is 306 g/mol. The lowest BCUT2D eigenvalue weighted by Crippen LogP contribution is -2.15. The highest BCUT2D eigenvalue weighted by molar-refractivity contribution is 6.14. The Morgan fingerprint density at radius 2 is 1.26 bits per heavy atom. The van der Waals surface area contributed by atoms with Crippen LogP contribution in [0.3, 0.4) is 0 Å². The normalized spacial score (nSPS) is 21.8. The first kappa shape index (κ1) is 14.0. The largest absolute Gasteiger partial charge is 0.497 e.